The van der Waals surface area contributed by atoms with Crippen molar-refractivity contribution in [1.29, 1.82) is 0 Å². The quantitative estimate of drug-likeness (QED) is 0.230. The Morgan fingerprint density at radius 2 is 1.68 bits per heavy atom. The minimum atomic E-state index is -0.547. The zero-order valence-corrected chi connectivity index (χ0v) is 25.5. The molecule has 0 unspecified atom stereocenters. The van der Waals surface area contributed by atoms with E-state index in [2.05, 4.69) is 15.3 Å². The molecule has 10 heteroatoms. The molecule has 0 radical (unpaired) electrons. The molecule has 44 heavy (non-hydrogen) atoms. The average Bonchev–Trinajstić information content (AvgIpc) is 3.71. The molecule has 0 bridgehead atoms. The van der Waals surface area contributed by atoms with E-state index in [9.17, 15) is 9.59 Å². The predicted octanol–water partition coefficient (Wildman–Crippen LogP) is 7.33. The number of nitrogens with zero attached hydrogens (tertiary/aromatic N) is 4. The van der Waals surface area contributed by atoms with Crippen molar-refractivity contribution in [3.63, 3.8) is 0 Å². The van der Waals surface area contributed by atoms with Gasteiger partial charge in [-0.2, -0.15) is 0 Å². The number of anilines is 2. The van der Waals surface area contributed by atoms with Gasteiger partial charge in [-0.3, -0.25) is 9.78 Å². The molecule has 4 heterocycles. The summed E-state index contributed by atoms with van der Waals surface area (Å²) in [5.74, 6) is -0.275. The summed E-state index contributed by atoms with van der Waals surface area (Å²) in [6.07, 6.45) is 1.42. The number of carbonyl (C=O) groups excluding carboxylic acids is 2. The second kappa shape index (κ2) is 10.9. The Kier molecular flexibility index (Phi) is 6.96. The highest BCUT2D eigenvalue weighted by atomic mass is 32.1. The molecular formula is C34H32FN5O3S. The molecule has 2 aliphatic heterocycles. The van der Waals surface area contributed by atoms with Crippen molar-refractivity contribution in [3.8, 4) is 11.1 Å². The highest BCUT2D eigenvalue weighted by molar-refractivity contribution is 7.16. The van der Waals surface area contributed by atoms with Crippen LogP contribution in [0.4, 0.5) is 20.6 Å². The maximum Gasteiger partial charge on any atom is 0.410 e. The molecule has 7 rings (SSSR count). The molecule has 2 fully saturated rings. The minimum absolute atomic E-state index is 0.190. The summed E-state index contributed by atoms with van der Waals surface area (Å²) in [6.45, 7) is 7.75. The van der Waals surface area contributed by atoms with Crippen molar-refractivity contribution >= 4 is 55.8 Å². The summed E-state index contributed by atoms with van der Waals surface area (Å²) in [7, 11) is 0. The second-order valence-electron chi connectivity index (χ2n) is 12.6. The van der Waals surface area contributed by atoms with Crippen LogP contribution in [0.15, 0.2) is 72.4 Å². The van der Waals surface area contributed by atoms with Gasteiger partial charge in [0.1, 0.15) is 11.4 Å². The number of amides is 2. The van der Waals surface area contributed by atoms with Crippen LogP contribution in [-0.4, -0.2) is 63.5 Å². The van der Waals surface area contributed by atoms with Crippen molar-refractivity contribution in [2.45, 2.75) is 26.4 Å². The number of likely N-dealkylation sites (tertiary alicyclic amines) is 2. The van der Waals surface area contributed by atoms with Crippen LogP contribution in [-0.2, 0) is 4.74 Å². The lowest BCUT2D eigenvalue weighted by Crippen LogP contribution is -2.38. The highest BCUT2D eigenvalue weighted by Gasteiger charge is 2.44. The molecule has 3 aromatic carbocycles. The zero-order valence-electron chi connectivity index (χ0n) is 24.7. The third-order valence-corrected chi connectivity index (χ3v) is 9.11. The van der Waals surface area contributed by atoms with Crippen LogP contribution in [0.5, 0.6) is 0 Å². The topological polar surface area (TPSA) is 87.7 Å². The van der Waals surface area contributed by atoms with Crippen LogP contribution in [0.1, 0.15) is 31.1 Å². The molecule has 5 aromatic rings. The van der Waals surface area contributed by atoms with Gasteiger partial charge in [-0.15, -0.1) is 11.3 Å². The summed E-state index contributed by atoms with van der Waals surface area (Å²) < 4.78 is 22.1. The summed E-state index contributed by atoms with van der Waals surface area (Å²) in [4.78, 5) is 38.3. The number of pyridine rings is 1. The maximum atomic E-state index is 15.5. The molecule has 1 N–H and O–H groups in total. The van der Waals surface area contributed by atoms with E-state index in [0.29, 0.717) is 42.9 Å². The fraction of sp³-hybridized carbons (Fsp3) is 0.294. The molecule has 2 aliphatic rings. The number of halogens is 1. The summed E-state index contributed by atoms with van der Waals surface area (Å²) in [6, 6.07) is 18.3. The molecule has 2 aromatic heterocycles. The first-order chi connectivity index (χ1) is 21.1. The lowest BCUT2D eigenvalue weighted by atomic mass is 10.0. The van der Waals surface area contributed by atoms with Crippen LogP contribution in [0.3, 0.4) is 0 Å². The van der Waals surface area contributed by atoms with Gasteiger partial charge in [0, 0.05) is 72.1 Å². The van der Waals surface area contributed by atoms with Gasteiger partial charge < -0.3 is 19.9 Å². The molecular weight excluding hydrogens is 577 g/mol. The van der Waals surface area contributed by atoms with Crippen molar-refractivity contribution < 1.29 is 18.7 Å². The molecule has 0 saturated carbocycles. The number of carbonyl (C=O) groups is 2. The standard InChI is InChI=1S/C34H32FN5O3S/c1-34(2,3)43-33(42)40-17-22-15-39(16-23(22)18-40)32(41)21-5-7-25(27(35)12-21)20-4-8-26-28(10-11-36-29(26)13-20)38-24-6-9-31-30(14-24)37-19-44-31/h4-14,19,22-23H,15-18H2,1-3H3,(H,36,38)/t22-,23+. The molecule has 0 aliphatic carbocycles. The maximum absolute atomic E-state index is 15.5. The summed E-state index contributed by atoms with van der Waals surface area (Å²) >= 11 is 1.60. The largest absolute Gasteiger partial charge is 0.444 e. The van der Waals surface area contributed by atoms with E-state index in [1.807, 2.05) is 68.7 Å². The fourth-order valence-corrected chi connectivity index (χ4v) is 6.87. The molecule has 224 valence electrons. The number of hydrogen-bond donors (Lipinski definition) is 1. The number of thiazole rings is 1. The van der Waals surface area contributed by atoms with E-state index in [1.165, 1.54) is 6.07 Å². The lowest BCUT2D eigenvalue weighted by molar-refractivity contribution is 0.0275. The normalized spacial score (nSPS) is 18.2. The number of benzene rings is 3. The van der Waals surface area contributed by atoms with Crippen LogP contribution in [0, 0.1) is 17.7 Å². The van der Waals surface area contributed by atoms with Gasteiger partial charge in [-0.05, 0) is 68.8 Å². The number of nitrogens with one attached hydrogen (secondary N) is 1. The average molecular weight is 610 g/mol. The third kappa shape index (κ3) is 5.45. The number of hydrogen-bond acceptors (Lipinski definition) is 7. The number of rotatable bonds is 4. The number of aromatic nitrogens is 2. The van der Waals surface area contributed by atoms with Gasteiger partial charge >= 0.3 is 6.09 Å². The Labute approximate surface area is 258 Å². The van der Waals surface area contributed by atoms with Crippen LogP contribution >= 0.6 is 11.3 Å². The van der Waals surface area contributed by atoms with Gasteiger partial charge in [0.15, 0.2) is 0 Å². The first-order valence-corrected chi connectivity index (χ1v) is 15.6. The molecule has 0 spiro atoms. The monoisotopic (exact) mass is 609 g/mol. The fourth-order valence-electron chi connectivity index (χ4n) is 6.22. The van der Waals surface area contributed by atoms with Crippen molar-refractivity contribution in [2.24, 2.45) is 11.8 Å². The second-order valence-corrected chi connectivity index (χ2v) is 13.4. The van der Waals surface area contributed by atoms with Gasteiger partial charge in [0.2, 0.25) is 0 Å². The van der Waals surface area contributed by atoms with E-state index >= 15 is 4.39 Å². The predicted molar refractivity (Wildman–Crippen MR) is 171 cm³/mol. The van der Waals surface area contributed by atoms with E-state index in [-0.39, 0.29) is 23.8 Å². The summed E-state index contributed by atoms with van der Waals surface area (Å²) in [5, 5.41) is 4.37. The van der Waals surface area contributed by atoms with Crippen LogP contribution in [0.25, 0.3) is 32.2 Å². The highest BCUT2D eigenvalue weighted by Crippen LogP contribution is 2.35. The Hall–Kier alpha value is -4.57. The van der Waals surface area contributed by atoms with E-state index in [0.717, 1.165) is 32.5 Å². The van der Waals surface area contributed by atoms with E-state index in [1.54, 1.807) is 39.5 Å². The molecule has 2 atom stereocenters. The zero-order chi connectivity index (χ0) is 30.6. The van der Waals surface area contributed by atoms with Crippen LogP contribution in [0.2, 0.25) is 0 Å². The number of ether oxygens (including phenoxy) is 1. The molecule has 2 amide bonds. The molecule has 8 nitrogen and oxygen atoms in total. The van der Waals surface area contributed by atoms with Crippen LogP contribution < -0.4 is 5.32 Å². The number of fused-ring (bicyclic) bond motifs is 3. The van der Waals surface area contributed by atoms with Gasteiger partial charge in [-0.1, -0.05) is 18.2 Å². The van der Waals surface area contributed by atoms with Gasteiger partial charge in [-0.25, -0.2) is 14.2 Å². The lowest BCUT2D eigenvalue weighted by Gasteiger charge is -2.26. The molecule has 2 saturated heterocycles. The van der Waals surface area contributed by atoms with E-state index < -0.39 is 11.4 Å². The van der Waals surface area contributed by atoms with Gasteiger partial charge in [0.25, 0.3) is 5.91 Å². The van der Waals surface area contributed by atoms with Crippen molar-refractivity contribution in [1.82, 2.24) is 19.8 Å². The van der Waals surface area contributed by atoms with E-state index in [4.69, 9.17) is 4.74 Å². The summed E-state index contributed by atoms with van der Waals surface area (Å²) in [5.41, 5.74) is 6.17. The Bertz CT molecular complexity index is 1900. The first kappa shape index (κ1) is 28.2. The first-order valence-electron chi connectivity index (χ1n) is 14.7. The SMILES string of the molecule is CC(C)(C)OC(=O)N1C[C@@H]2CN(C(=O)c3ccc(-c4ccc5c(Nc6ccc7scnc7c6)ccnc5c4)c(F)c3)C[C@@H]2C1. The Morgan fingerprint density at radius 3 is 2.43 bits per heavy atom. The van der Waals surface area contributed by atoms with Gasteiger partial charge in [0.05, 0.1) is 21.2 Å². The smallest absolute Gasteiger partial charge is 0.410 e. The van der Waals surface area contributed by atoms with Crippen molar-refractivity contribution in [3.05, 3.63) is 83.8 Å². The third-order valence-electron chi connectivity index (χ3n) is 8.30. The Morgan fingerprint density at radius 1 is 0.909 bits per heavy atom. The minimum Gasteiger partial charge on any atom is -0.444 e. The van der Waals surface area contributed by atoms with Crippen molar-refractivity contribution in [2.75, 3.05) is 31.5 Å². The Balaban J connectivity index is 1.05.